The third-order valence-electron chi connectivity index (χ3n) is 2.42. The Balaban J connectivity index is 2.23. The summed E-state index contributed by atoms with van der Waals surface area (Å²) in [6, 6.07) is 2.82. The Labute approximate surface area is 104 Å². The van der Waals surface area contributed by atoms with Gasteiger partial charge in [-0.1, -0.05) is 0 Å². The average Bonchev–Trinajstić information content (AvgIpc) is 2.87. The topological polar surface area (TPSA) is 73.2 Å². The Morgan fingerprint density at radius 1 is 1.41 bits per heavy atom. The molecule has 0 atom stereocenters. The Bertz CT molecular complexity index is 599. The molecule has 0 spiro atoms. The van der Waals surface area contributed by atoms with Crippen LogP contribution >= 0.6 is 15.9 Å². The van der Waals surface area contributed by atoms with E-state index < -0.39 is 5.82 Å². The summed E-state index contributed by atoms with van der Waals surface area (Å²) in [4.78, 5) is 0. The van der Waals surface area contributed by atoms with Gasteiger partial charge in [0.15, 0.2) is 11.5 Å². The van der Waals surface area contributed by atoms with Crippen molar-refractivity contribution in [3.63, 3.8) is 0 Å². The van der Waals surface area contributed by atoms with Crippen LogP contribution < -0.4 is 15.2 Å². The van der Waals surface area contributed by atoms with Crippen molar-refractivity contribution in [2.75, 3.05) is 12.5 Å². The van der Waals surface area contributed by atoms with Crippen LogP contribution in [0, 0.1) is 5.82 Å². The first-order chi connectivity index (χ1) is 8.16. The zero-order chi connectivity index (χ0) is 12.0. The van der Waals surface area contributed by atoms with Gasteiger partial charge in [-0.3, -0.25) is 5.10 Å². The summed E-state index contributed by atoms with van der Waals surface area (Å²) in [5.41, 5.74) is 6.29. The SMILES string of the molecule is Nc1cc(-c2c(F)cc3c(c2Br)OCO3)[nH]n1. The molecule has 17 heavy (non-hydrogen) atoms. The molecule has 0 aliphatic carbocycles. The van der Waals surface area contributed by atoms with Crippen LogP contribution in [0.4, 0.5) is 10.2 Å². The maximum Gasteiger partial charge on any atom is 0.231 e. The van der Waals surface area contributed by atoms with Crippen molar-refractivity contribution in [3.05, 3.63) is 22.4 Å². The van der Waals surface area contributed by atoms with Gasteiger partial charge in [-0.05, 0) is 15.9 Å². The molecule has 3 rings (SSSR count). The molecule has 0 fully saturated rings. The average molecular weight is 300 g/mol. The highest BCUT2D eigenvalue weighted by Crippen LogP contribution is 2.45. The van der Waals surface area contributed by atoms with Crippen molar-refractivity contribution in [3.8, 4) is 22.8 Å². The number of ether oxygens (including phenoxy) is 2. The van der Waals surface area contributed by atoms with E-state index in [1.807, 2.05) is 0 Å². The molecule has 2 heterocycles. The van der Waals surface area contributed by atoms with Gasteiger partial charge in [0.1, 0.15) is 11.6 Å². The fourth-order valence-corrected chi connectivity index (χ4v) is 2.40. The number of nitrogen functional groups attached to an aromatic ring is 1. The number of hydrogen-bond acceptors (Lipinski definition) is 4. The fourth-order valence-electron chi connectivity index (χ4n) is 1.69. The normalized spacial score (nSPS) is 13.1. The molecule has 1 aromatic heterocycles. The van der Waals surface area contributed by atoms with Gasteiger partial charge in [-0.2, -0.15) is 5.10 Å². The molecule has 7 heteroatoms. The smallest absolute Gasteiger partial charge is 0.231 e. The predicted octanol–water partition coefficient (Wildman–Crippen LogP) is 2.29. The van der Waals surface area contributed by atoms with Crippen molar-refractivity contribution in [1.29, 1.82) is 0 Å². The second-order valence-corrected chi connectivity index (χ2v) is 4.28. The van der Waals surface area contributed by atoms with Gasteiger partial charge in [-0.25, -0.2) is 4.39 Å². The number of halogens is 2. The second-order valence-electron chi connectivity index (χ2n) is 3.49. The molecule has 1 aliphatic rings. The molecule has 0 bridgehead atoms. The van der Waals surface area contributed by atoms with E-state index in [1.165, 1.54) is 6.07 Å². The van der Waals surface area contributed by atoms with Gasteiger partial charge in [0.05, 0.1) is 15.7 Å². The Hall–Kier alpha value is -1.76. The van der Waals surface area contributed by atoms with E-state index in [4.69, 9.17) is 15.2 Å². The third-order valence-corrected chi connectivity index (χ3v) is 3.18. The number of H-pyrrole nitrogens is 1. The van der Waals surface area contributed by atoms with E-state index in [1.54, 1.807) is 6.07 Å². The second kappa shape index (κ2) is 3.63. The number of nitrogens with two attached hydrogens (primary N) is 1. The van der Waals surface area contributed by atoms with Crippen LogP contribution in [0.3, 0.4) is 0 Å². The first-order valence-electron chi connectivity index (χ1n) is 4.75. The van der Waals surface area contributed by atoms with Crippen molar-refractivity contribution in [2.45, 2.75) is 0 Å². The van der Waals surface area contributed by atoms with E-state index in [0.717, 1.165) is 0 Å². The number of aromatic nitrogens is 2. The summed E-state index contributed by atoms with van der Waals surface area (Å²) in [7, 11) is 0. The Kier molecular flexibility index (Phi) is 2.22. The highest BCUT2D eigenvalue weighted by molar-refractivity contribution is 9.10. The third kappa shape index (κ3) is 1.54. The first kappa shape index (κ1) is 10.4. The van der Waals surface area contributed by atoms with Crippen LogP contribution in [-0.2, 0) is 0 Å². The van der Waals surface area contributed by atoms with Crippen LogP contribution in [0.15, 0.2) is 16.6 Å². The lowest BCUT2D eigenvalue weighted by Crippen LogP contribution is -1.93. The molecule has 0 saturated heterocycles. The summed E-state index contributed by atoms with van der Waals surface area (Å²) >= 11 is 3.30. The van der Waals surface area contributed by atoms with Crippen molar-refractivity contribution in [1.82, 2.24) is 10.2 Å². The molecular formula is C10H7BrFN3O2. The summed E-state index contributed by atoms with van der Waals surface area (Å²) in [5.74, 6) is 0.717. The van der Waals surface area contributed by atoms with Gasteiger partial charge in [0.25, 0.3) is 0 Å². The molecule has 1 aliphatic heterocycles. The molecule has 2 aromatic rings. The highest BCUT2D eigenvalue weighted by Gasteiger charge is 2.24. The monoisotopic (exact) mass is 299 g/mol. The molecule has 0 amide bonds. The summed E-state index contributed by atoms with van der Waals surface area (Å²) in [6.45, 7) is 0.0853. The number of fused-ring (bicyclic) bond motifs is 1. The molecule has 88 valence electrons. The summed E-state index contributed by atoms with van der Waals surface area (Å²) in [5, 5.41) is 6.42. The fraction of sp³-hybridized carbons (Fsp3) is 0.100. The largest absolute Gasteiger partial charge is 0.453 e. The van der Waals surface area contributed by atoms with Crippen molar-refractivity contribution < 1.29 is 13.9 Å². The van der Waals surface area contributed by atoms with Crippen molar-refractivity contribution in [2.24, 2.45) is 0 Å². The van der Waals surface area contributed by atoms with Gasteiger partial charge >= 0.3 is 0 Å². The molecule has 0 unspecified atom stereocenters. The molecular weight excluding hydrogens is 293 g/mol. The number of benzene rings is 1. The molecule has 1 aromatic carbocycles. The van der Waals surface area contributed by atoms with Gasteiger partial charge in [0.2, 0.25) is 6.79 Å². The van der Waals surface area contributed by atoms with Crippen LogP contribution in [0.25, 0.3) is 11.3 Å². The zero-order valence-corrected chi connectivity index (χ0v) is 10.0. The maximum absolute atomic E-state index is 13.9. The number of nitrogens with one attached hydrogen (secondary N) is 1. The minimum absolute atomic E-state index is 0.0853. The van der Waals surface area contributed by atoms with Gasteiger partial charge in [0, 0.05) is 12.1 Å². The minimum Gasteiger partial charge on any atom is -0.453 e. The highest BCUT2D eigenvalue weighted by atomic mass is 79.9. The quantitative estimate of drug-likeness (QED) is 0.847. The number of hydrogen-bond donors (Lipinski definition) is 2. The number of anilines is 1. The first-order valence-corrected chi connectivity index (χ1v) is 5.55. The predicted molar refractivity (Wildman–Crippen MR) is 62.2 cm³/mol. The molecule has 3 N–H and O–H groups in total. The standard InChI is InChI=1S/C10H7BrFN3O2/c11-9-8(5-2-7(13)15-14-5)4(12)1-6-10(9)17-3-16-6/h1-2H,3H2,(H3,13,14,15). The zero-order valence-electron chi connectivity index (χ0n) is 8.46. The van der Waals surface area contributed by atoms with E-state index in [2.05, 4.69) is 26.1 Å². The van der Waals surface area contributed by atoms with Crippen LogP contribution in [0.2, 0.25) is 0 Å². The molecule has 5 nitrogen and oxygen atoms in total. The Morgan fingerprint density at radius 2 is 2.24 bits per heavy atom. The number of nitrogens with zero attached hydrogens (tertiary/aromatic N) is 1. The van der Waals surface area contributed by atoms with E-state index in [9.17, 15) is 4.39 Å². The number of rotatable bonds is 1. The maximum atomic E-state index is 13.9. The van der Waals surface area contributed by atoms with E-state index >= 15 is 0 Å². The van der Waals surface area contributed by atoms with E-state index in [0.29, 0.717) is 33.0 Å². The lowest BCUT2D eigenvalue weighted by molar-refractivity contribution is 0.173. The molecule has 0 radical (unpaired) electrons. The van der Waals surface area contributed by atoms with Crippen LogP contribution in [0.5, 0.6) is 11.5 Å². The number of aromatic amines is 1. The Morgan fingerprint density at radius 3 is 2.94 bits per heavy atom. The molecule has 0 saturated carbocycles. The van der Waals surface area contributed by atoms with E-state index in [-0.39, 0.29) is 6.79 Å². The van der Waals surface area contributed by atoms with Gasteiger partial charge < -0.3 is 15.2 Å². The lowest BCUT2D eigenvalue weighted by atomic mass is 10.1. The van der Waals surface area contributed by atoms with Crippen molar-refractivity contribution >= 4 is 21.7 Å². The summed E-state index contributed by atoms with van der Waals surface area (Å²) < 4.78 is 24.8. The van der Waals surface area contributed by atoms with Crippen LogP contribution in [0.1, 0.15) is 0 Å². The minimum atomic E-state index is -0.440. The van der Waals surface area contributed by atoms with Gasteiger partial charge in [-0.15, -0.1) is 0 Å². The summed E-state index contributed by atoms with van der Waals surface area (Å²) in [6.07, 6.45) is 0. The lowest BCUT2D eigenvalue weighted by Gasteiger charge is -2.06. The van der Waals surface area contributed by atoms with Crippen LogP contribution in [-0.4, -0.2) is 17.0 Å².